The quantitative estimate of drug-likeness (QED) is 0.889. The summed E-state index contributed by atoms with van der Waals surface area (Å²) in [6, 6.07) is 7.48. The molecule has 0 aliphatic heterocycles. The van der Waals surface area contributed by atoms with Crippen LogP contribution in [0, 0.1) is 0 Å². The molecule has 0 bridgehead atoms. The molecule has 0 aromatic heterocycles. The molecule has 4 heteroatoms. The molecule has 1 aromatic carbocycles. The van der Waals surface area contributed by atoms with E-state index in [0.717, 1.165) is 12.1 Å². The second-order valence-electron chi connectivity index (χ2n) is 4.97. The number of benzene rings is 1. The summed E-state index contributed by atoms with van der Waals surface area (Å²) >= 11 is 5.98. The largest absolute Gasteiger partial charge is 0.344 e. The van der Waals surface area contributed by atoms with Crippen molar-refractivity contribution in [2.45, 2.75) is 19.3 Å². The average molecular weight is 269 g/mol. The third-order valence-corrected chi connectivity index (χ3v) is 3.36. The van der Waals surface area contributed by atoms with Gasteiger partial charge in [-0.2, -0.15) is 0 Å². The van der Waals surface area contributed by atoms with Gasteiger partial charge in [0.1, 0.15) is 0 Å². The molecule has 100 valence electrons. The van der Waals surface area contributed by atoms with Crippen LogP contribution in [0.3, 0.4) is 0 Å². The fourth-order valence-corrected chi connectivity index (χ4v) is 2.05. The first-order valence-corrected chi connectivity index (χ1v) is 6.43. The minimum absolute atomic E-state index is 0.0972. The zero-order valence-corrected chi connectivity index (χ0v) is 12.2. The fourth-order valence-electron chi connectivity index (χ4n) is 1.86. The number of nitrogens with one attached hydrogen (secondary N) is 1. The van der Waals surface area contributed by atoms with Gasteiger partial charge in [0, 0.05) is 25.2 Å². The Kier molecular flexibility index (Phi) is 5.17. The lowest BCUT2D eigenvalue weighted by atomic mass is 9.83. The Morgan fingerprint density at radius 3 is 2.67 bits per heavy atom. The highest BCUT2D eigenvalue weighted by atomic mass is 35.5. The number of halogens is 1. The van der Waals surface area contributed by atoms with Gasteiger partial charge in [-0.3, -0.25) is 4.79 Å². The average Bonchev–Trinajstić information content (AvgIpc) is 2.34. The van der Waals surface area contributed by atoms with Crippen LogP contribution in [-0.2, 0) is 10.2 Å². The Labute approximate surface area is 114 Å². The van der Waals surface area contributed by atoms with Crippen LogP contribution in [-0.4, -0.2) is 38.0 Å². The summed E-state index contributed by atoms with van der Waals surface area (Å²) in [5.41, 5.74) is 0.379. The summed E-state index contributed by atoms with van der Waals surface area (Å²) in [5, 5.41) is 3.70. The van der Waals surface area contributed by atoms with Gasteiger partial charge in [0.25, 0.3) is 0 Å². The molecule has 0 aliphatic rings. The van der Waals surface area contributed by atoms with Gasteiger partial charge < -0.3 is 10.2 Å². The molecule has 3 nitrogen and oxygen atoms in total. The highest BCUT2D eigenvalue weighted by molar-refractivity contribution is 6.30. The molecule has 1 amide bonds. The van der Waals surface area contributed by atoms with Crippen LogP contribution in [0.15, 0.2) is 24.3 Å². The van der Waals surface area contributed by atoms with Gasteiger partial charge in [-0.1, -0.05) is 23.7 Å². The first-order chi connectivity index (χ1) is 8.39. The second kappa shape index (κ2) is 6.21. The molecule has 0 saturated heterocycles. The van der Waals surface area contributed by atoms with E-state index in [1.165, 1.54) is 0 Å². The topological polar surface area (TPSA) is 32.3 Å². The monoisotopic (exact) mass is 268 g/mol. The number of carbonyl (C=O) groups is 1. The smallest absolute Gasteiger partial charge is 0.232 e. The first-order valence-electron chi connectivity index (χ1n) is 6.06. The van der Waals surface area contributed by atoms with Gasteiger partial charge in [-0.15, -0.1) is 0 Å². The van der Waals surface area contributed by atoms with Crippen molar-refractivity contribution in [1.29, 1.82) is 0 Å². The van der Waals surface area contributed by atoms with E-state index in [4.69, 9.17) is 11.6 Å². The number of rotatable bonds is 5. The Bertz CT molecular complexity index is 418. The van der Waals surface area contributed by atoms with Crippen LogP contribution >= 0.6 is 11.6 Å². The lowest BCUT2D eigenvalue weighted by Crippen LogP contribution is -2.43. The lowest BCUT2D eigenvalue weighted by Gasteiger charge is -2.30. The van der Waals surface area contributed by atoms with Crippen LogP contribution in [0.4, 0.5) is 0 Å². The Balaban J connectivity index is 2.88. The molecule has 18 heavy (non-hydrogen) atoms. The van der Waals surface area contributed by atoms with Gasteiger partial charge in [0.15, 0.2) is 0 Å². The van der Waals surface area contributed by atoms with E-state index in [1.807, 2.05) is 52.2 Å². The molecule has 0 heterocycles. The zero-order valence-electron chi connectivity index (χ0n) is 11.5. The predicted octanol–water partition coefficient (Wildman–Crippen LogP) is 2.30. The van der Waals surface area contributed by atoms with Crippen molar-refractivity contribution in [2.24, 2.45) is 0 Å². The van der Waals surface area contributed by atoms with Gasteiger partial charge in [0.2, 0.25) is 5.91 Å². The first kappa shape index (κ1) is 15.0. The van der Waals surface area contributed by atoms with Crippen molar-refractivity contribution in [3.8, 4) is 0 Å². The van der Waals surface area contributed by atoms with E-state index in [2.05, 4.69) is 5.32 Å². The van der Waals surface area contributed by atoms with Crippen molar-refractivity contribution in [1.82, 2.24) is 10.2 Å². The second-order valence-corrected chi connectivity index (χ2v) is 5.40. The van der Waals surface area contributed by atoms with Crippen molar-refractivity contribution >= 4 is 17.5 Å². The molecule has 0 radical (unpaired) electrons. The van der Waals surface area contributed by atoms with Crippen molar-refractivity contribution in [3.05, 3.63) is 34.9 Å². The highest BCUT2D eigenvalue weighted by Gasteiger charge is 2.32. The normalized spacial score (nSPS) is 11.4. The molecule has 1 aromatic rings. The van der Waals surface area contributed by atoms with Gasteiger partial charge in [-0.05, 0) is 38.6 Å². The molecule has 1 rings (SSSR count). The van der Waals surface area contributed by atoms with E-state index < -0.39 is 5.41 Å². The summed E-state index contributed by atoms with van der Waals surface area (Å²) in [6.45, 7) is 5.33. The number of hydrogen-bond acceptors (Lipinski definition) is 2. The molecule has 0 saturated carbocycles. The summed E-state index contributed by atoms with van der Waals surface area (Å²) in [5.74, 6) is 0.0972. The third-order valence-electron chi connectivity index (χ3n) is 3.12. The third kappa shape index (κ3) is 3.47. The maximum Gasteiger partial charge on any atom is 0.232 e. The van der Waals surface area contributed by atoms with Crippen LogP contribution in [0.2, 0.25) is 5.02 Å². The highest BCUT2D eigenvalue weighted by Crippen LogP contribution is 2.27. The van der Waals surface area contributed by atoms with E-state index in [9.17, 15) is 4.79 Å². The molecule has 0 atom stereocenters. The molecule has 0 aliphatic carbocycles. The van der Waals surface area contributed by atoms with E-state index in [0.29, 0.717) is 11.6 Å². The van der Waals surface area contributed by atoms with Gasteiger partial charge in [0.05, 0.1) is 5.41 Å². The summed E-state index contributed by atoms with van der Waals surface area (Å²) in [4.78, 5) is 14.2. The molecule has 1 N–H and O–H groups in total. The van der Waals surface area contributed by atoms with Gasteiger partial charge >= 0.3 is 0 Å². The Morgan fingerprint density at radius 2 is 2.11 bits per heavy atom. The zero-order chi connectivity index (χ0) is 13.8. The molecule has 0 fully saturated rings. The van der Waals surface area contributed by atoms with Crippen molar-refractivity contribution < 1.29 is 4.79 Å². The maximum atomic E-state index is 12.4. The number of likely N-dealkylation sites (N-methyl/N-ethyl adjacent to an activating group) is 2. The Hall–Kier alpha value is -1.06. The van der Waals surface area contributed by atoms with Gasteiger partial charge in [-0.25, -0.2) is 0 Å². The van der Waals surface area contributed by atoms with Crippen molar-refractivity contribution in [2.75, 3.05) is 27.2 Å². The lowest BCUT2D eigenvalue weighted by molar-refractivity contribution is -0.134. The number of nitrogens with zero attached hydrogens (tertiary/aromatic N) is 1. The minimum atomic E-state index is -0.562. The number of carbonyl (C=O) groups excluding carboxylic acids is 1. The van der Waals surface area contributed by atoms with E-state index in [1.54, 1.807) is 4.90 Å². The fraction of sp³-hybridized carbons (Fsp3) is 0.500. The standard InChI is InChI=1S/C14H21ClN2O/c1-14(2,11-6-5-7-12(15)10-11)13(18)17(4)9-8-16-3/h5-7,10,16H,8-9H2,1-4H3. The minimum Gasteiger partial charge on any atom is -0.344 e. The molecular formula is C14H21ClN2O. The van der Waals surface area contributed by atoms with Crippen LogP contribution in [0.1, 0.15) is 19.4 Å². The number of hydrogen-bond donors (Lipinski definition) is 1. The van der Waals surface area contributed by atoms with Crippen LogP contribution in [0.25, 0.3) is 0 Å². The molecular weight excluding hydrogens is 248 g/mol. The molecule has 0 spiro atoms. The Morgan fingerprint density at radius 1 is 1.44 bits per heavy atom. The number of amides is 1. The maximum absolute atomic E-state index is 12.4. The van der Waals surface area contributed by atoms with E-state index in [-0.39, 0.29) is 5.91 Å². The summed E-state index contributed by atoms with van der Waals surface area (Å²) in [6.07, 6.45) is 0. The van der Waals surface area contributed by atoms with Crippen molar-refractivity contribution in [3.63, 3.8) is 0 Å². The predicted molar refractivity (Wildman–Crippen MR) is 76.0 cm³/mol. The summed E-state index contributed by atoms with van der Waals surface area (Å²) < 4.78 is 0. The summed E-state index contributed by atoms with van der Waals surface area (Å²) in [7, 11) is 3.70. The van der Waals surface area contributed by atoms with Crippen LogP contribution < -0.4 is 5.32 Å². The molecule has 0 unspecified atom stereocenters. The SMILES string of the molecule is CNCCN(C)C(=O)C(C)(C)c1cccc(Cl)c1. The van der Waals surface area contributed by atoms with Crippen LogP contribution in [0.5, 0.6) is 0 Å². The van der Waals surface area contributed by atoms with E-state index >= 15 is 0 Å².